The topological polar surface area (TPSA) is 59.2 Å². The largest absolute Gasteiger partial charge is 0.339 e. The molecule has 0 bridgehead atoms. The van der Waals surface area contributed by atoms with E-state index >= 15 is 0 Å². The SMILES string of the molecule is C[C@@H](c1ccccc1)N(CCc1nc(-c2cccc(Cl)c2)no1)C(=O)/C=C/c1ccccc1. The van der Waals surface area contributed by atoms with E-state index in [1.807, 2.05) is 90.7 Å². The van der Waals surface area contributed by atoms with Gasteiger partial charge in [-0.1, -0.05) is 89.6 Å². The molecule has 0 N–H and O–H groups in total. The van der Waals surface area contributed by atoms with E-state index in [0.29, 0.717) is 29.7 Å². The monoisotopic (exact) mass is 457 g/mol. The van der Waals surface area contributed by atoms with Crippen LogP contribution in [0.4, 0.5) is 0 Å². The van der Waals surface area contributed by atoms with E-state index < -0.39 is 0 Å². The maximum absolute atomic E-state index is 13.2. The quantitative estimate of drug-likeness (QED) is 0.294. The Bertz CT molecular complexity index is 1220. The minimum atomic E-state index is -0.116. The molecule has 0 aliphatic rings. The molecule has 4 aromatic rings. The zero-order valence-corrected chi connectivity index (χ0v) is 19.0. The van der Waals surface area contributed by atoms with E-state index in [-0.39, 0.29) is 11.9 Å². The lowest BCUT2D eigenvalue weighted by molar-refractivity contribution is -0.128. The summed E-state index contributed by atoms with van der Waals surface area (Å²) in [4.78, 5) is 19.5. The number of amides is 1. The van der Waals surface area contributed by atoms with Gasteiger partial charge < -0.3 is 9.42 Å². The molecule has 1 aromatic heterocycles. The number of halogens is 1. The van der Waals surface area contributed by atoms with Gasteiger partial charge in [0.1, 0.15) is 0 Å². The Kier molecular flexibility index (Phi) is 7.33. The van der Waals surface area contributed by atoms with Crippen LogP contribution in [0.2, 0.25) is 5.02 Å². The minimum Gasteiger partial charge on any atom is -0.339 e. The van der Waals surface area contributed by atoms with E-state index in [1.165, 1.54) is 0 Å². The summed E-state index contributed by atoms with van der Waals surface area (Å²) in [7, 11) is 0. The van der Waals surface area contributed by atoms with Gasteiger partial charge in [0.05, 0.1) is 6.04 Å². The lowest BCUT2D eigenvalue weighted by Gasteiger charge is -2.28. The molecular formula is C27H24ClN3O2. The van der Waals surface area contributed by atoms with E-state index in [9.17, 15) is 4.79 Å². The molecule has 3 aromatic carbocycles. The molecule has 0 aliphatic heterocycles. The highest BCUT2D eigenvalue weighted by Gasteiger charge is 2.21. The Morgan fingerprint density at radius 1 is 1.03 bits per heavy atom. The summed E-state index contributed by atoms with van der Waals surface area (Å²) in [5.41, 5.74) is 2.82. The Morgan fingerprint density at radius 3 is 2.48 bits per heavy atom. The molecule has 0 fully saturated rings. The van der Waals surface area contributed by atoms with Gasteiger partial charge in [-0.2, -0.15) is 4.98 Å². The average Bonchev–Trinajstić information content (AvgIpc) is 3.33. The van der Waals surface area contributed by atoms with Gasteiger partial charge in [-0.05, 0) is 36.3 Å². The fourth-order valence-corrected chi connectivity index (χ4v) is 3.74. The van der Waals surface area contributed by atoms with E-state index in [1.54, 1.807) is 18.2 Å². The molecule has 1 atom stereocenters. The highest BCUT2D eigenvalue weighted by Crippen LogP contribution is 2.23. The zero-order valence-electron chi connectivity index (χ0n) is 18.3. The number of benzene rings is 3. The van der Waals surface area contributed by atoms with Gasteiger partial charge in [0.25, 0.3) is 0 Å². The van der Waals surface area contributed by atoms with E-state index in [0.717, 1.165) is 16.7 Å². The van der Waals surface area contributed by atoms with Crippen LogP contribution in [0.5, 0.6) is 0 Å². The van der Waals surface area contributed by atoms with Crippen molar-refractivity contribution in [2.45, 2.75) is 19.4 Å². The predicted octanol–water partition coefficient (Wildman–Crippen LogP) is 6.24. The van der Waals surface area contributed by atoms with Crippen LogP contribution in [0, 0.1) is 0 Å². The number of rotatable bonds is 8. The fraction of sp³-hybridized carbons (Fsp3) is 0.148. The Balaban J connectivity index is 1.51. The van der Waals surface area contributed by atoms with Crippen LogP contribution in [0.3, 0.4) is 0 Å². The molecule has 5 nitrogen and oxygen atoms in total. The smallest absolute Gasteiger partial charge is 0.247 e. The molecule has 166 valence electrons. The average molecular weight is 458 g/mol. The molecule has 6 heteroatoms. The molecule has 0 saturated carbocycles. The maximum atomic E-state index is 13.2. The van der Waals surface area contributed by atoms with Crippen LogP contribution in [0.1, 0.15) is 30.0 Å². The first-order valence-corrected chi connectivity index (χ1v) is 11.1. The van der Waals surface area contributed by atoms with Gasteiger partial charge >= 0.3 is 0 Å². The van der Waals surface area contributed by atoms with Crippen LogP contribution >= 0.6 is 11.6 Å². The van der Waals surface area contributed by atoms with Crippen molar-refractivity contribution in [2.75, 3.05) is 6.54 Å². The van der Waals surface area contributed by atoms with E-state index in [4.69, 9.17) is 16.1 Å². The van der Waals surface area contributed by atoms with E-state index in [2.05, 4.69) is 10.1 Å². The van der Waals surface area contributed by atoms with Crippen LogP contribution in [0.25, 0.3) is 17.5 Å². The van der Waals surface area contributed by atoms with Crippen molar-refractivity contribution in [3.05, 3.63) is 113 Å². The fourth-order valence-electron chi connectivity index (χ4n) is 3.55. The molecule has 1 heterocycles. The molecule has 0 unspecified atom stereocenters. The highest BCUT2D eigenvalue weighted by atomic mass is 35.5. The first-order valence-electron chi connectivity index (χ1n) is 10.8. The highest BCUT2D eigenvalue weighted by molar-refractivity contribution is 6.30. The van der Waals surface area contributed by atoms with Crippen molar-refractivity contribution >= 4 is 23.6 Å². The van der Waals surface area contributed by atoms with Gasteiger partial charge in [-0.15, -0.1) is 0 Å². The Labute approximate surface area is 198 Å². The van der Waals surface area contributed by atoms with Crippen molar-refractivity contribution < 1.29 is 9.32 Å². The maximum Gasteiger partial charge on any atom is 0.247 e. The molecule has 0 saturated heterocycles. The van der Waals surface area contributed by atoms with Crippen LogP contribution < -0.4 is 0 Å². The Morgan fingerprint density at radius 2 is 1.76 bits per heavy atom. The minimum absolute atomic E-state index is 0.0789. The molecule has 0 radical (unpaired) electrons. The van der Waals surface area contributed by atoms with Gasteiger partial charge in [0, 0.05) is 29.6 Å². The van der Waals surface area contributed by atoms with Gasteiger partial charge in [-0.3, -0.25) is 4.79 Å². The van der Waals surface area contributed by atoms with Crippen LogP contribution in [-0.4, -0.2) is 27.5 Å². The lowest BCUT2D eigenvalue weighted by atomic mass is 10.1. The number of aromatic nitrogens is 2. The van der Waals surface area contributed by atoms with Crippen molar-refractivity contribution in [3.8, 4) is 11.4 Å². The third kappa shape index (κ3) is 5.96. The van der Waals surface area contributed by atoms with Gasteiger partial charge in [-0.25, -0.2) is 0 Å². The van der Waals surface area contributed by atoms with Gasteiger partial charge in [0.15, 0.2) is 0 Å². The summed E-state index contributed by atoms with van der Waals surface area (Å²) in [6.45, 7) is 2.46. The second-order valence-corrected chi connectivity index (χ2v) is 8.07. The number of nitrogens with zero attached hydrogens (tertiary/aromatic N) is 3. The molecular weight excluding hydrogens is 434 g/mol. The zero-order chi connectivity index (χ0) is 23.0. The standard InChI is InChI=1S/C27H24ClN3O2/c1-20(22-11-6-3-7-12-22)31(26(32)16-15-21-9-4-2-5-10-21)18-17-25-29-27(30-33-25)23-13-8-14-24(28)19-23/h2-16,19-20H,17-18H2,1H3/b16-15+/t20-/m0/s1. The summed E-state index contributed by atoms with van der Waals surface area (Å²) >= 11 is 6.07. The molecule has 33 heavy (non-hydrogen) atoms. The summed E-state index contributed by atoms with van der Waals surface area (Å²) in [5, 5.41) is 4.68. The molecule has 1 amide bonds. The summed E-state index contributed by atoms with van der Waals surface area (Å²) in [5.74, 6) is 0.866. The van der Waals surface area contributed by atoms with Crippen LogP contribution in [-0.2, 0) is 11.2 Å². The summed E-state index contributed by atoms with van der Waals surface area (Å²) in [6.07, 6.45) is 3.88. The first-order chi connectivity index (χ1) is 16.1. The lowest BCUT2D eigenvalue weighted by Crippen LogP contribution is -2.34. The van der Waals surface area contributed by atoms with Crippen molar-refractivity contribution in [1.29, 1.82) is 0 Å². The summed E-state index contributed by atoms with van der Waals surface area (Å²) in [6, 6.07) is 26.9. The number of hydrogen-bond acceptors (Lipinski definition) is 4. The second-order valence-electron chi connectivity index (χ2n) is 7.63. The molecule has 0 spiro atoms. The third-order valence-electron chi connectivity index (χ3n) is 5.37. The van der Waals surface area contributed by atoms with Gasteiger partial charge in [0.2, 0.25) is 17.6 Å². The first kappa shape index (κ1) is 22.5. The normalized spacial score (nSPS) is 12.1. The number of carbonyl (C=O) groups is 1. The third-order valence-corrected chi connectivity index (χ3v) is 5.60. The Hall–Kier alpha value is -3.70. The van der Waals surface area contributed by atoms with Crippen LogP contribution in [0.15, 0.2) is 95.5 Å². The second kappa shape index (κ2) is 10.7. The molecule has 4 rings (SSSR count). The number of carbonyl (C=O) groups excluding carboxylic acids is 1. The van der Waals surface area contributed by atoms with Crippen molar-refractivity contribution in [2.24, 2.45) is 0 Å². The predicted molar refractivity (Wildman–Crippen MR) is 130 cm³/mol. The van der Waals surface area contributed by atoms with Crippen molar-refractivity contribution in [1.82, 2.24) is 15.0 Å². The van der Waals surface area contributed by atoms with Crippen molar-refractivity contribution in [3.63, 3.8) is 0 Å². The summed E-state index contributed by atoms with van der Waals surface area (Å²) < 4.78 is 5.44. The molecule has 0 aliphatic carbocycles. The number of hydrogen-bond donors (Lipinski definition) is 0.